The minimum Gasteiger partial charge on any atom is -0.450 e. The normalized spacial score (nSPS) is 15.6. The lowest BCUT2D eigenvalue weighted by atomic mass is 9.75. The highest BCUT2D eigenvalue weighted by Gasteiger charge is 2.47. The van der Waals surface area contributed by atoms with Crippen molar-refractivity contribution in [3.63, 3.8) is 0 Å². The molecule has 0 aliphatic carbocycles. The molecule has 1 saturated heterocycles. The van der Waals surface area contributed by atoms with Crippen LogP contribution in [0.25, 0.3) is 0 Å². The van der Waals surface area contributed by atoms with Crippen LogP contribution in [-0.4, -0.2) is 56.0 Å². The number of unbranched alkanes of at least 4 members (excludes halogenated alkanes) is 10. The third-order valence-electron chi connectivity index (χ3n) is 10.6. The molecule has 1 N–H and O–H groups in total. The van der Waals surface area contributed by atoms with Crippen molar-refractivity contribution < 1.29 is 17.9 Å². The average molecular weight is 738 g/mol. The van der Waals surface area contributed by atoms with Crippen LogP contribution in [0.5, 0.6) is 0 Å². The lowest BCUT2D eigenvalue weighted by Gasteiger charge is -2.51. The van der Waals surface area contributed by atoms with Gasteiger partial charge >= 0.3 is 6.09 Å². The molecule has 4 aromatic carbocycles. The predicted octanol–water partition coefficient (Wildman–Crippen LogP) is 10.6. The third kappa shape index (κ3) is 10.4. The van der Waals surface area contributed by atoms with E-state index in [1.165, 1.54) is 57.8 Å². The van der Waals surface area contributed by atoms with E-state index < -0.39 is 21.7 Å². The van der Waals surface area contributed by atoms with Crippen molar-refractivity contribution >= 4 is 21.8 Å². The summed E-state index contributed by atoms with van der Waals surface area (Å²) in [6, 6.07) is 38.2. The lowest BCUT2D eigenvalue weighted by Crippen LogP contribution is -2.61. The third-order valence-corrected chi connectivity index (χ3v) is 12.6. The molecule has 1 heterocycles. The van der Waals surface area contributed by atoms with Gasteiger partial charge in [-0.05, 0) is 54.3 Å². The summed E-state index contributed by atoms with van der Waals surface area (Å²) in [7, 11) is -3.83. The summed E-state index contributed by atoms with van der Waals surface area (Å²) >= 11 is 0. The zero-order chi connectivity index (χ0) is 37.4. The Hall–Kier alpha value is -3.98. The minimum atomic E-state index is -3.83. The molecule has 0 radical (unpaired) electrons. The topological polar surface area (TPSA) is 79.0 Å². The van der Waals surface area contributed by atoms with E-state index in [2.05, 4.69) is 108 Å². The first-order chi connectivity index (χ1) is 25.9. The van der Waals surface area contributed by atoms with Crippen molar-refractivity contribution in [3.8, 4) is 0 Å². The van der Waals surface area contributed by atoms with Crippen molar-refractivity contribution in [3.05, 3.63) is 132 Å². The Morgan fingerprint density at radius 2 is 1.13 bits per heavy atom. The van der Waals surface area contributed by atoms with Crippen LogP contribution in [0.2, 0.25) is 0 Å². The highest BCUT2D eigenvalue weighted by Crippen LogP contribution is 2.44. The maximum atomic E-state index is 14.5. The fourth-order valence-corrected chi connectivity index (χ4v) is 9.59. The quantitative estimate of drug-likeness (QED) is 0.0722. The molecule has 4 aromatic rings. The second kappa shape index (κ2) is 20.5. The van der Waals surface area contributed by atoms with Gasteiger partial charge in [0.1, 0.15) is 0 Å². The number of hydrogen-bond acceptors (Lipinski definition) is 5. The molecule has 0 aromatic heterocycles. The minimum absolute atomic E-state index is 0.222. The van der Waals surface area contributed by atoms with Gasteiger partial charge in [-0.25, -0.2) is 13.2 Å². The molecule has 0 saturated carbocycles. The number of ether oxygens (including phenoxy) is 1. The Bertz CT molecular complexity index is 1660. The number of carbonyl (C=O) groups excluding carboxylic acids is 1. The number of piperazine rings is 1. The van der Waals surface area contributed by atoms with Gasteiger partial charge in [0.2, 0.25) is 10.0 Å². The molecule has 1 amide bonds. The van der Waals surface area contributed by atoms with Gasteiger partial charge in [0.15, 0.2) is 0 Å². The first-order valence-corrected chi connectivity index (χ1v) is 21.3. The van der Waals surface area contributed by atoms with Crippen LogP contribution in [0.15, 0.2) is 120 Å². The first-order valence-electron chi connectivity index (χ1n) is 19.9. The Morgan fingerprint density at radius 1 is 0.660 bits per heavy atom. The van der Waals surface area contributed by atoms with Gasteiger partial charge in [0.25, 0.3) is 0 Å². The Kier molecular flexibility index (Phi) is 15.5. The molecule has 1 aliphatic rings. The van der Waals surface area contributed by atoms with Crippen molar-refractivity contribution in [1.29, 1.82) is 0 Å². The van der Waals surface area contributed by atoms with E-state index in [0.717, 1.165) is 36.0 Å². The number of carbonyl (C=O) groups is 1. The number of sulfonamides is 1. The standard InChI is InChI=1S/C45H59N3O4S/c1-3-5-6-7-8-9-10-11-12-13-23-30-42-37-47(35-36-48(42)53(50,51)43-33-31-41(32-34-43)46-44(49)52-4-2)45(38-24-17-14-18-25-38,39-26-19-15-20-27-39)40-28-21-16-22-29-40/h14-22,24-29,31-34,42H,3-13,23,30,35-37H2,1-2H3,(H,46,49). The number of benzene rings is 4. The molecule has 5 rings (SSSR count). The van der Waals surface area contributed by atoms with Crippen LogP contribution >= 0.6 is 0 Å². The maximum Gasteiger partial charge on any atom is 0.411 e. The van der Waals surface area contributed by atoms with Crippen LogP contribution in [0.1, 0.15) is 108 Å². The second-order valence-electron chi connectivity index (χ2n) is 14.2. The zero-order valence-electron chi connectivity index (χ0n) is 31.8. The number of hydrogen-bond donors (Lipinski definition) is 1. The predicted molar refractivity (Wildman–Crippen MR) is 217 cm³/mol. The summed E-state index contributed by atoms with van der Waals surface area (Å²) in [5.74, 6) is 0. The van der Waals surface area contributed by atoms with Gasteiger partial charge in [-0.15, -0.1) is 0 Å². The molecular weight excluding hydrogens is 679 g/mol. The number of nitrogens with zero attached hydrogens (tertiary/aromatic N) is 2. The van der Waals surface area contributed by atoms with E-state index in [1.807, 2.05) is 0 Å². The molecule has 1 atom stereocenters. The highest BCUT2D eigenvalue weighted by atomic mass is 32.2. The number of anilines is 1. The number of amides is 1. The van der Waals surface area contributed by atoms with Crippen LogP contribution < -0.4 is 5.32 Å². The van der Waals surface area contributed by atoms with E-state index in [4.69, 9.17) is 4.74 Å². The largest absolute Gasteiger partial charge is 0.450 e. The molecule has 0 bridgehead atoms. The van der Waals surface area contributed by atoms with E-state index in [1.54, 1.807) is 35.5 Å². The molecule has 7 nitrogen and oxygen atoms in total. The van der Waals surface area contributed by atoms with Crippen molar-refractivity contribution in [2.45, 2.75) is 107 Å². The van der Waals surface area contributed by atoms with E-state index >= 15 is 0 Å². The van der Waals surface area contributed by atoms with Gasteiger partial charge in [0.05, 0.1) is 17.0 Å². The van der Waals surface area contributed by atoms with Crippen molar-refractivity contribution in [2.24, 2.45) is 0 Å². The molecule has 8 heteroatoms. The van der Waals surface area contributed by atoms with Gasteiger partial charge in [-0.1, -0.05) is 169 Å². The smallest absolute Gasteiger partial charge is 0.411 e. The van der Waals surface area contributed by atoms with Crippen LogP contribution in [0, 0.1) is 0 Å². The fraction of sp³-hybridized carbons (Fsp3) is 0.444. The lowest BCUT2D eigenvalue weighted by molar-refractivity contribution is 0.0664. The summed E-state index contributed by atoms with van der Waals surface area (Å²) in [5.41, 5.74) is 3.35. The van der Waals surface area contributed by atoms with Crippen molar-refractivity contribution in [1.82, 2.24) is 9.21 Å². The van der Waals surface area contributed by atoms with Crippen LogP contribution in [0.4, 0.5) is 10.5 Å². The average Bonchev–Trinajstić information content (AvgIpc) is 3.19. The van der Waals surface area contributed by atoms with Gasteiger partial charge in [-0.3, -0.25) is 10.2 Å². The zero-order valence-corrected chi connectivity index (χ0v) is 32.6. The van der Waals surface area contributed by atoms with Crippen LogP contribution in [0.3, 0.4) is 0 Å². The summed E-state index contributed by atoms with van der Waals surface area (Å²) in [4.78, 5) is 14.7. The Morgan fingerprint density at radius 3 is 1.60 bits per heavy atom. The van der Waals surface area contributed by atoms with Gasteiger partial charge in [0, 0.05) is 31.4 Å². The Labute approximate surface area is 318 Å². The molecule has 1 fully saturated rings. The van der Waals surface area contributed by atoms with Crippen molar-refractivity contribution in [2.75, 3.05) is 31.6 Å². The van der Waals surface area contributed by atoms with Gasteiger partial charge in [-0.2, -0.15) is 4.31 Å². The second-order valence-corrected chi connectivity index (χ2v) is 16.1. The summed E-state index contributed by atoms with van der Waals surface area (Å²) < 4.78 is 35.7. The Balaban J connectivity index is 1.41. The molecule has 1 unspecified atom stereocenters. The summed E-state index contributed by atoms with van der Waals surface area (Å²) in [6.45, 7) is 5.75. The molecule has 0 spiro atoms. The SMILES string of the molecule is CCCCCCCCCCCCCC1CN(C(c2ccccc2)(c2ccccc2)c2ccccc2)CCN1S(=O)(=O)c1ccc(NC(=O)OCC)cc1. The molecular formula is C45H59N3O4S. The van der Waals surface area contributed by atoms with E-state index in [9.17, 15) is 13.2 Å². The number of nitrogens with one attached hydrogen (secondary N) is 1. The fourth-order valence-electron chi connectivity index (χ4n) is 7.96. The monoisotopic (exact) mass is 737 g/mol. The maximum absolute atomic E-state index is 14.5. The number of rotatable bonds is 20. The van der Waals surface area contributed by atoms with E-state index in [0.29, 0.717) is 25.3 Å². The first kappa shape index (κ1) is 40.2. The molecule has 284 valence electrons. The molecule has 1 aliphatic heterocycles. The van der Waals surface area contributed by atoms with E-state index in [-0.39, 0.29) is 17.5 Å². The van der Waals surface area contributed by atoms with Crippen LogP contribution in [-0.2, 0) is 20.3 Å². The summed E-state index contributed by atoms with van der Waals surface area (Å²) in [5, 5.41) is 2.67. The van der Waals surface area contributed by atoms with Gasteiger partial charge < -0.3 is 4.74 Å². The highest BCUT2D eigenvalue weighted by molar-refractivity contribution is 7.89. The summed E-state index contributed by atoms with van der Waals surface area (Å²) in [6.07, 6.45) is 13.9. The molecule has 53 heavy (non-hydrogen) atoms.